The quantitative estimate of drug-likeness (QED) is 0.816. The third kappa shape index (κ3) is 3.69. The molecule has 0 spiro atoms. The van der Waals surface area contributed by atoms with Gasteiger partial charge in [-0.05, 0) is 24.7 Å². The molecule has 2 N–H and O–H groups in total. The zero-order valence-corrected chi connectivity index (χ0v) is 12.8. The molecule has 1 aromatic rings. The Morgan fingerprint density at radius 3 is 2.21 bits per heavy atom. The standard InChI is InChI=1S/C14H21BrN2O2/c1-16-6-8-17(9-7-16)12-4-2-11(3-5-12)14(19)13(18)10-15/h2-5,13-14,18-19H,6-10H2,1H3. The average Bonchev–Trinajstić information content (AvgIpc) is 2.46. The van der Waals surface area contributed by atoms with E-state index in [0.717, 1.165) is 31.7 Å². The lowest BCUT2D eigenvalue weighted by atomic mass is 10.0. The molecular formula is C14H21BrN2O2. The average molecular weight is 329 g/mol. The molecule has 1 aromatic carbocycles. The first-order valence-corrected chi connectivity index (χ1v) is 7.69. The van der Waals surface area contributed by atoms with Crippen molar-refractivity contribution in [2.24, 2.45) is 0 Å². The lowest BCUT2D eigenvalue weighted by molar-refractivity contribution is 0.0343. The van der Waals surface area contributed by atoms with Crippen LogP contribution in [0.25, 0.3) is 0 Å². The lowest BCUT2D eigenvalue weighted by Crippen LogP contribution is -2.44. The van der Waals surface area contributed by atoms with Crippen LogP contribution < -0.4 is 4.90 Å². The first-order chi connectivity index (χ1) is 9.11. The Kier molecular flexibility index (Phi) is 5.21. The van der Waals surface area contributed by atoms with Gasteiger partial charge in [-0.15, -0.1) is 0 Å². The van der Waals surface area contributed by atoms with Gasteiger partial charge in [-0.1, -0.05) is 28.1 Å². The van der Waals surface area contributed by atoms with Gasteiger partial charge in [-0.3, -0.25) is 0 Å². The Balaban J connectivity index is 2.02. The first kappa shape index (κ1) is 14.8. The van der Waals surface area contributed by atoms with Crippen LogP contribution in [0.1, 0.15) is 11.7 Å². The number of anilines is 1. The molecule has 1 saturated heterocycles. The molecule has 0 aliphatic carbocycles. The third-order valence-corrected chi connectivity index (χ3v) is 4.29. The molecule has 0 bridgehead atoms. The Morgan fingerprint density at radius 2 is 1.68 bits per heavy atom. The van der Waals surface area contributed by atoms with E-state index < -0.39 is 12.2 Å². The van der Waals surface area contributed by atoms with E-state index in [2.05, 4.69) is 32.8 Å². The maximum absolute atomic E-state index is 9.92. The predicted octanol–water partition coefficient (Wildman–Crippen LogP) is 1.23. The highest BCUT2D eigenvalue weighted by Crippen LogP contribution is 2.22. The summed E-state index contributed by atoms with van der Waals surface area (Å²) in [4.78, 5) is 4.66. The highest BCUT2D eigenvalue weighted by molar-refractivity contribution is 9.09. The Bertz CT molecular complexity index is 391. The van der Waals surface area contributed by atoms with E-state index in [4.69, 9.17) is 0 Å². The van der Waals surface area contributed by atoms with Gasteiger partial charge in [-0.25, -0.2) is 0 Å². The second kappa shape index (κ2) is 6.70. The van der Waals surface area contributed by atoms with Crippen molar-refractivity contribution >= 4 is 21.6 Å². The van der Waals surface area contributed by atoms with Crippen molar-refractivity contribution in [2.75, 3.05) is 43.5 Å². The van der Waals surface area contributed by atoms with E-state index in [1.165, 1.54) is 5.69 Å². The Labute approximate surface area is 122 Å². The van der Waals surface area contributed by atoms with Crippen LogP contribution in [0.15, 0.2) is 24.3 Å². The van der Waals surface area contributed by atoms with Crippen LogP contribution in [-0.4, -0.2) is 59.8 Å². The molecule has 2 atom stereocenters. The molecule has 4 nitrogen and oxygen atoms in total. The highest BCUT2D eigenvalue weighted by atomic mass is 79.9. The van der Waals surface area contributed by atoms with Crippen molar-refractivity contribution in [3.63, 3.8) is 0 Å². The number of nitrogens with zero attached hydrogens (tertiary/aromatic N) is 2. The smallest absolute Gasteiger partial charge is 0.106 e. The molecule has 2 unspecified atom stereocenters. The molecule has 2 rings (SSSR count). The molecule has 19 heavy (non-hydrogen) atoms. The van der Waals surface area contributed by atoms with Crippen LogP contribution in [0.2, 0.25) is 0 Å². The molecule has 106 valence electrons. The molecule has 0 saturated carbocycles. The Hall–Kier alpha value is -0.620. The molecule has 0 aromatic heterocycles. The van der Waals surface area contributed by atoms with Crippen molar-refractivity contribution in [3.05, 3.63) is 29.8 Å². The van der Waals surface area contributed by atoms with E-state index in [9.17, 15) is 10.2 Å². The van der Waals surface area contributed by atoms with Crippen LogP contribution >= 0.6 is 15.9 Å². The maximum Gasteiger partial charge on any atom is 0.106 e. The van der Waals surface area contributed by atoms with Gasteiger partial charge in [0.1, 0.15) is 6.10 Å². The SMILES string of the molecule is CN1CCN(c2ccc(C(O)C(O)CBr)cc2)CC1. The van der Waals surface area contributed by atoms with Crippen molar-refractivity contribution in [1.82, 2.24) is 4.90 Å². The topological polar surface area (TPSA) is 46.9 Å². The number of piperazine rings is 1. The number of aliphatic hydroxyl groups excluding tert-OH is 2. The second-order valence-electron chi connectivity index (χ2n) is 5.05. The fraction of sp³-hybridized carbons (Fsp3) is 0.571. The summed E-state index contributed by atoms with van der Waals surface area (Å²) in [6, 6.07) is 7.82. The van der Waals surface area contributed by atoms with Crippen LogP contribution in [-0.2, 0) is 0 Å². The Morgan fingerprint density at radius 1 is 1.11 bits per heavy atom. The van der Waals surface area contributed by atoms with Crippen molar-refractivity contribution in [2.45, 2.75) is 12.2 Å². The van der Waals surface area contributed by atoms with Gasteiger partial charge in [0.05, 0.1) is 6.10 Å². The summed E-state index contributed by atoms with van der Waals surface area (Å²) in [6.45, 7) is 4.21. The number of rotatable bonds is 4. The van der Waals surface area contributed by atoms with Gasteiger partial charge >= 0.3 is 0 Å². The van der Waals surface area contributed by atoms with Gasteiger partial charge in [0, 0.05) is 37.2 Å². The number of aliphatic hydroxyl groups is 2. The van der Waals surface area contributed by atoms with E-state index >= 15 is 0 Å². The minimum absolute atomic E-state index is 0.369. The van der Waals surface area contributed by atoms with Crippen LogP contribution in [0, 0.1) is 0 Å². The molecule has 1 aliphatic rings. The number of hydrogen-bond donors (Lipinski definition) is 2. The van der Waals surface area contributed by atoms with Crippen LogP contribution in [0.4, 0.5) is 5.69 Å². The van der Waals surface area contributed by atoms with Gasteiger partial charge in [0.25, 0.3) is 0 Å². The van der Waals surface area contributed by atoms with Crippen LogP contribution in [0.5, 0.6) is 0 Å². The molecule has 1 fully saturated rings. The maximum atomic E-state index is 9.92. The van der Waals surface area contributed by atoms with Gasteiger partial charge in [-0.2, -0.15) is 0 Å². The number of hydrogen-bond acceptors (Lipinski definition) is 4. The molecule has 1 heterocycles. The summed E-state index contributed by atoms with van der Waals surface area (Å²) in [5.41, 5.74) is 1.93. The highest BCUT2D eigenvalue weighted by Gasteiger charge is 2.18. The zero-order chi connectivity index (χ0) is 13.8. The first-order valence-electron chi connectivity index (χ1n) is 6.57. The molecule has 0 radical (unpaired) electrons. The van der Waals surface area contributed by atoms with Gasteiger partial charge < -0.3 is 20.0 Å². The largest absolute Gasteiger partial charge is 0.389 e. The minimum atomic E-state index is -0.832. The summed E-state index contributed by atoms with van der Waals surface area (Å²) < 4.78 is 0. The van der Waals surface area contributed by atoms with E-state index in [-0.39, 0.29) is 0 Å². The van der Waals surface area contributed by atoms with E-state index in [1.54, 1.807) is 0 Å². The fourth-order valence-electron chi connectivity index (χ4n) is 2.25. The summed E-state index contributed by atoms with van der Waals surface area (Å²) in [5.74, 6) is 0. The minimum Gasteiger partial charge on any atom is -0.389 e. The van der Waals surface area contributed by atoms with Gasteiger partial charge in [0.2, 0.25) is 0 Å². The summed E-state index contributed by atoms with van der Waals surface area (Å²) >= 11 is 3.17. The number of alkyl halides is 1. The van der Waals surface area contributed by atoms with Crippen molar-refractivity contribution in [3.8, 4) is 0 Å². The zero-order valence-electron chi connectivity index (χ0n) is 11.2. The predicted molar refractivity (Wildman–Crippen MR) is 80.9 cm³/mol. The molecule has 0 amide bonds. The van der Waals surface area contributed by atoms with Crippen molar-refractivity contribution in [1.29, 1.82) is 0 Å². The summed E-state index contributed by atoms with van der Waals surface area (Å²) in [5, 5.41) is 19.9. The molecule has 5 heteroatoms. The lowest BCUT2D eigenvalue weighted by Gasteiger charge is -2.34. The fourth-order valence-corrected chi connectivity index (χ4v) is 2.61. The van der Waals surface area contributed by atoms with Gasteiger partial charge in [0.15, 0.2) is 0 Å². The monoisotopic (exact) mass is 328 g/mol. The number of halogens is 1. The molecular weight excluding hydrogens is 308 g/mol. The van der Waals surface area contributed by atoms with Crippen LogP contribution in [0.3, 0.4) is 0 Å². The molecule has 1 aliphatic heterocycles. The summed E-state index contributed by atoms with van der Waals surface area (Å²) in [7, 11) is 2.14. The van der Waals surface area contributed by atoms with E-state index in [1.807, 2.05) is 24.3 Å². The van der Waals surface area contributed by atoms with Crippen molar-refractivity contribution < 1.29 is 10.2 Å². The number of likely N-dealkylation sites (N-methyl/N-ethyl adjacent to an activating group) is 1. The normalized spacial score (nSPS) is 20.3. The number of benzene rings is 1. The summed E-state index contributed by atoms with van der Waals surface area (Å²) in [6.07, 6.45) is -1.60. The van der Waals surface area contributed by atoms with E-state index in [0.29, 0.717) is 5.33 Å². The second-order valence-corrected chi connectivity index (χ2v) is 5.70. The third-order valence-electron chi connectivity index (χ3n) is 3.63.